The molecule has 9 nitrogen and oxygen atoms in total. The van der Waals surface area contributed by atoms with Crippen LogP contribution in [0.1, 0.15) is 86.0 Å². The minimum atomic E-state index is -0.790. The van der Waals surface area contributed by atoms with Gasteiger partial charge in [-0.25, -0.2) is 9.59 Å². The van der Waals surface area contributed by atoms with Crippen LogP contribution < -0.4 is 10.6 Å². The summed E-state index contributed by atoms with van der Waals surface area (Å²) in [4.78, 5) is 54.2. The zero-order valence-electron chi connectivity index (χ0n) is 23.3. The molecule has 0 aromatic heterocycles. The number of ether oxygens (including phenoxy) is 2. The molecule has 0 aromatic carbocycles. The number of carbonyl (C=O) groups is 4. The number of hydrogen-bond acceptors (Lipinski definition) is 6. The standard InChI is InChI=1S/C28H45N3O6/c1-27(2,3)37-26(35)30-19-15-13-11-9-7-8-10-12-14-16-20(25(34)36-6)29-23(32)22-21-18(28(21,4)5)17-31(22)24(19)33/h7-8,18-22H,9-17H2,1-6H3,(H,29,32)(H,30,35)/t18?,19?,20-,21?,22-/m0/s1. The average molecular weight is 520 g/mol. The predicted molar refractivity (Wildman–Crippen MR) is 139 cm³/mol. The van der Waals surface area contributed by atoms with E-state index in [1.54, 1.807) is 25.7 Å². The topological polar surface area (TPSA) is 114 Å². The number of nitrogens with one attached hydrogen (secondary N) is 2. The summed E-state index contributed by atoms with van der Waals surface area (Å²) in [6.07, 6.45) is 9.69. The third-order valence-electron chi connectivity index (χ3n) is 7.95. The van der Waals surface area contributed by atoms with Crippen LogP contribution in [0.4, 0.5) is 4.79 Å². The number of rotatable bonds is 2. The van der Waals surface area contributed by atoms with Crippen molar-refractivity contribution in [1.82, 2.24) is 15.5 Å². The van der Waals surface area contributed by atoms with Gasteiger partial charge in [0.15, 0.2) is 0 Å². The van der Waals surface area contributed by atoms with Gasteiger partial charge in [-0.15, -0.1) is 0 Å². The Hall–Kier alpha value is -2.58. The average Bonchev–Trinajstić information content (AvgIpc) is 3.15. The number of fused-ring (bicyclic) bond motifs is 3. The summed E-state index contributed by atoms with van der Waals surface area (Å²) >= 11 is 0. The molecule has 2 heterocycles. The van der Waals surface area contributed by atoms with Crippen LogP contribution in [0.5, 0.6) is 0 Å². The molecule has 0 bridgehead atoms. The summed E-state index contributed by atoms with van der Waals surface area (Å²) in [5, 5.41) is 5.67. The summed E-state index contributed by atoms with van der Waals surface area (Å²) < 4.78 is 10.4. The van der Waals surface area contributed by atoms with E-state index in [2.05, 4.69) is 36.6 Å². The maximum absolute atomic E-state index is 13.8. The molecule has 0 radical (unpaired) electrons. The summed E-state index contributed by atoms with van der Waals surface area (Å²) in [6, 6.07) is -2.24. The number of methoxy groups -OCH3 is 1. The van der Waals surface area contributed by atoms with Crippen LogP contribution in [0.15, 0.2) is 12.2 Å². The molecule has 2 fully saturated rings. The second-order valence-electron chi connectivity index (χ2n) is 12.2. The van der Waals surface area contributed by atoms with Gasteiger partial charge in [0.2, 0.25) is 11.8 Å². The molecule has 5 atom stereocenters. The lowest BCUT2D eigenvalue weighted by Crippen LogP contribution is -2.57. The van der Waals surface area contributed by atoms with E-state index in [4.69, 9.17) is 9.47 Å². The molecule has 3 aliphatic rings. The number of piperidine rings is 1. The third-order valence-corrected chi connectivity index (χ3v) is 7.95. The van der Waals surface area contributed by atoms with Crippen LogP contribution in [0, 0.1) is 17.3 Å². The number of hydrogen-bond donors (Lipinski definition) is 2. The largest absolute Gasteiger partial charge is 0.467 e. The van der Waals surface area contributed by atoms with Crippen molar-refractivity contribution in [2.24, 2.45) is 17.3 Å². The van der Waals surface area contributed by atoms with E-state index in [0.29, 0.717) is 19.4 Å². The van der Waals surface area contributed by atoms with Crippen molar-refractivity contribution in [1.29, 1.82) is 0 Å². The second kappa shape index (κ2) is 11.9. The van der Waals surface area contributed by atoms with E-state index in [0.717, 1.165) is 38.5 Å². The van der Waals surface area contributed by atoms with Gasteiger partial charge in [-0.2, -0.15) is 0 Å². The van der Waals surface area contributed by atoms with Gasteiger partial charge < -0.3 is 25.0 Å². The third kappa shape index (κ3) is 7.26. The molecule has 1 saturated carbocycles. The van der Waals surface area contributed by atoms with Crippen molar-refractivity contribution < 1.29 is 28.7 Å². The van der Waals surface area contributed by atoms with E-state index >= 15 is 0 Å². The fourth-order valence-electron chi connectivity index (χ4n) is 5.83. The molecular weight excluding hydrogens is 474 g/mol. The molecule has 1 saturated heterocycles. The number of alkyl carbamates (subject to hydrolysis) is 1. The summed E-state index contributed by atoms with van der Waals surface area (Å²) in [7, 11) is 1.32. The Morgan fingerprint density at radius 2 is 1.68 bits per heavy atom. The number of amides is 3. The molecule has 3 unspecified atom stereocenters. The highest BCUT2D eigenvalue weighted by atomic mass is 16.6. The van der Waals surface area contributed by atoms with Gasteiger partial charge in [0.1, 0.15) is 23.7 Å². The highest BCUT2D eigenvalue weighted by Gasteiger charge is 2.69. The van der Waals surface area contributed by atoms with Gasteiger partial charge in [-0.1, -0.05) is 38.8 Å². The van der Waals surface area contributed by atoms with Crippen molar-refractivity contribution in [3.05, 3.63) is 12.2 Å². The lowest BCUT2D eigenvalue weighted by molar-refractivity contribution is -0.147. The Bertz CT molecular complexity index is 893. The highest BCUT2D eigenvalue weighted by Crippen LogP contribution is 2.64. The van der Waals surface area contributed by atoms with E-state index < -0.39 is 35.8 Å². The Labute approximate surface area is 221 Å². The van der Waals surface area contributed by atoms with Crippen LogP contribution in [0.3, 0.4) is 0 Å². The SMILES string of the molecule is COC(=O)[C@@H]1CCCCC=CCCCCC(NC(=O)OC(C)(C)C)C(=O)N2CC3C([C@H]2C(=O)N1)C3(C)C. The molecule has 0 spiro atoms. The minimum Gasteiger partial charge on any atom is -0.467 e. The second-order valence-corrected chi connectivity index (χ2v) is 12.2. The number of esters is 1. The van der Waals surface area contributed by atoms with Gasteiger partial charge >= 0.3 is 12.1 Å². The normalized spacial score (nSPS) is 30.9. The maximum atomic E-state index is 13.8. The van der Waals surface area contributed by atoms with Crippen molar-refractivity contribution in [3.8, 4) is 0 Å². The first-order valence-electron chi connectivity index (χ1n) is 13.7. The van der Waals surface area contributed by atoms with Gasteiger partial charge in [-0.05, 0) is 76.5 Å². The molecule has 3 amide bonds. The molecule has 0 aromatic rings. The van der Waals surface area contributed by atoms with Crippen LogP contribution in [-0.4, -0.2) is 66.2 Å². The summed E-state index contributed by atoms with van der Waals surface area (Å²) in [5.41, 5.74) is -0.766. The van der Waals surface area contributed by atoms with Gasteiger partial charge in [0.25, 0.3) is 0 Å². The van der Waals surface area contributed by atoms with E-state index in [9.17, 15) is 19.2 Å². The van der Waals surface area contributed by atoms with Crippen molar-refractivity contribution >= 4 is 23.9 Å². The quantitative estimate of drug-likeness (QED) is 0.425. The zero-order valence-corrected chi connectivity index (χ0v) is 23.3. The van der Waals surface area contributed by atoms with Crippen LogP contribution in [0.25, 0.3) is 0 Å². The monoisotopic (exact) mass is 519 g/mol. The molecular formula is C28H45N3O6. The molecule has 37 heavy (non-hydrogen) atoms. The van der Waals surface area contributed by atoms with Gasteiger partial charge in [0.05, 0.1) is 7.11 Å². The zero-order chi connectivity index (χ0) is 27.4. The van der Waals surface area contributed by atoms with E-state index in [1.807, 2.05) is 0 Å². The first-order valence-corrected chi connectivity index (χ1v) is 13.7. The van der Waals surface area contributed by atoms with Crippen LogP contribution in [-0.2, 0) is 23.9 Å². The first kappa shape index (κ1) is 29.0. The first-order chi connectivity index (χ1) is 17.4. The predicted octanol–water partition coefficient (Wildman–Crippen LogP) is 3.71. The minimum absolute atomic E-state index is 0.00297. The summed E-state index contributed by atoms with van der Waals surface area (Å²) in [6.45, 7) is 10.00. The molecule has 3 rings (SSSR count). The highest BCUT2D eigenvalue weighted by molar-refractivity contribution is 5.94. The molecule has 2 N–H and O–H groups in total. The van der Waals surface area contributed by atoms with Crippen LogP contribution in [0.2, 0.25) is 0 Å². The number of allylic oxidation sites excluding steroid dienone is 2. The van der Waals surface area contributed by atoms with Crippen molar-refractivity contribution in [3.63, 3.8) is 0 Å². The fourth-order valence-corrected chi connectivity index (χ4v) is 5.83. The maximum Gasteiger partial charge on any atom is 0.408 e. The Balaban J connectivity index is 1.86. The number of carbonyl (C=O) groups excluding carboxylic acids is 4. The summed E-state index contributed by atoms with van der Waals surface area (Å²) in [5.74, 6) is -0.885. The Morgan fingerprint density at radius 3 is 2.27 bits per heavy atom. The Kier molecular flexibility index (Phi) is 9.29. The lowest BCUT2D eigenvalue weighted by Gasteiger charge is -2.34. The molecule has 208 valence electrons. The van der Waals surface area contributed by atoms with Gasteiger partial charge in [0, 0.05) is 6.54 Å². The fraction of sp³-hybridized carbons (Fsp3) is 0.786. The Morgan fingerprint density at radius 1 is 1.05 bits per heavy atom. The van der Waals surface area contributed by atoms with Crippen molar-refractivity contribution in [2.45, 2.75) is 110 Å². The van der Waals surface area contributed by atoms with Crippen molar-refractivity contribution in [2.75, 3.05) is 13.7 Å². The molecule has 9 heteroatoms. The molecule has 2 aliphatic heterocycles. The van der Waals surface area contributed by atoms with E-state index in [-0.39, 0.29) is 29.1 Å². The van der Waals surface area contributed by atoms with Crippen LogP contribution >= 0.6 is 0 Å². The molecule has 1 aliphatic carbocycles. The lowest BCUT2D eigenvalue weighted by atomic mass is 9.98. The smallest absolute Gasteiger partial charge is 0.408 e. The van der Waals surface area contributed by atoms with E-state index in [1.165, 1.54) is 7.11 Å². The number of nitrogens with zero attached hydrogens (tertiary/aromatic N) is 1. The van der Waals surface area contributed by atoms with Gasteiger partial charge in [-0.3, -0.25) is 9.59 Å².